The van der Waals surface area contributed by atoms with Crippen molar-refractivity contribution in [1.82, 2.24) is 10.6 Å². The number of carboxylic acid groups (broad SMARTS) is 1. The van der Waals surface area contributed by atoms with E-state index in [4.69, 9.17) is 5.11 Å². The van der Waals surface area contributed by atoms with Gasteiger partial charge >= 0.3 is 12.0 Å². The van der Waals surface area contributed by atoms with Crippen LogP contribution in [0.5, 0.6) is 0 Å². The molecule has 1 aromatic rings. The predicted molar refractivity (Wildman–Crippen MR) is 77.8 cm³/mol. The molecule has 1 heterocycles. The van der Waals surface area contributed by atoms with Crippen LogP contribution < -0.4 is 10.6 Å². The lowest BCUT2D eigenvalue weighted by Gasteiger charge is -2.27. The first-order chi connectivity index (χ1) is 9.56. The highest BCUT2D eigenvalue weighted by molar-refractivity contribution is 7.08. The largest absolute Gasteiger partial charge is 0.481 e. The zero-order chi connectivity index (χ0) is 14.5. The van der Waals surface area contributed by atoms with Crippen LogP contribution in [0.25, 0.3) is 0 Å². The van der Waals surface area contributed by atoms with Gasteiger partial charge in [0.25, 0.3) is 0 Å². The molecule has 1 saturated carbocycles. The number of thiophene rings is 1. The van der Waals surface area contributed by atoms with Gasteiger partial charge in [0.05, 0.1) is 5.92 Å². The van der Waals surface area contributed by atoms with E-state index in [1.165, 1.54) is 5.56 Å². The number of urea groups is 1. The molecule has 2 atom stereocenters. The number of carbonyl (C=O) groups excluding carboxylic acids is 1. The fourth-order valence-corrected chi connectivity index (χ4v) is 3.38. The predicted octanol–water partition coefficient (Wildman–Crippen LogP) is 2.50. The normalized spacial score (nSPS) is 22.2. The van der Waals surface area contributed by atoms with Crippen molar-refractivity contribution in [2.75, 3.05) is 0 Å². The van der Waals surface area contributed by atoms with E-state index in [9.17, 15) is 9.59 Å². The van der Waals surface area contributed by atoms with E-state index >= 15 is 0 Å². The smallest absolute Gasteiger partial charge is 0.315 e. The highest BCUT2D eigenvalue weighted by Crippen LogP contribution is 2.24. The summed E-state index contributed by atoms with van der Waals surface area (Å²) in [6.07, 6.45) is 2.95. The monoisotopic (exact) mass is 296 g/mol. The first kappa shape index (κ1) is 14.8. The topological polar surface area (TPSA) is 78.4 Å². The summed E-state index contributed by atoms with van der Waals surface area (Å²) in [5.41, 5.74) is 2.30. The van der Waals surface area contributed by atoms with Crippen LogP contribution in [0.4, 0.5) is 4.79 Å². The second kappa shape index (κ2) is 6.74. The summed E-state index contributed by atoms with van der Waals surface area (Å²) in [5.74, 6) is -1.08. The lowest BCUT2D eigenvalue weighted by atomic mass is 9.86. The number of nitrogens with one attached hydrogen (secondary N) is 2. The molecule has 5 nitrogen and oxygen atoms in total. The van der Waals surface area contributed by atoms with Crippen LogP contribution in [0, 0.1) is 12.8 Å². The molecule has 1 fully saturated rings. The fourth-order valence-electron chi connectivity index (χ4n) is 2.53. The summed E-state index contributed by atoms with van der Waals surface area (Å²) < 4.78 is 0. The van der Waals surface area contributed by atoms with Gasteiger partial charge < -0.3 is 15.7 Å². The van der Waals surface area contributed by atoms with Crippen molar-refractivity contribution in [2.24, 2.45) is 5.92 Å². The van der Waals surface area contributed by atoms with Crippen molar-refractivity contribution in [3.05, 3.63) is 21.9 Å². The summed E-state index contributed by atoms with van der Waals surface area (Å²) in [7, 11) is 0. The Kier molecular flexibility index (Phi) is 5.00. The summed E-state index contributed by atoms with van der Waals surface area (Å²) >= 11 is 1.62. The molecule has 1 aliphatic rings. The standard InChI is InChI=1S/C14H20N2O3S/c1-9-7-20-8-11(9)6-15-14(19)16-12-4-2-3-10(5-12)13(17)18/h7-8,10,12H,2-6H2,1H3,(H,17,18)(H2,15,16,19). The third kappa shape index (κ3) is 3.96. The first-order valence-corrected chi connectivity index (χ1v) is 7.79. The summed E-state index contributed by atoms with van der Waals surface area (Å²) in [6.45, 7) is 2.53. The Morgan fingerprint density at radius 2 is 2.20 bits per heavy atom. The summed E-state index contributed by atoms with van der Waals surface area (Å²) in [5, 5.41) is 18.8. The number of aliphatic carboxylic acids is 1. The third-order valence-electron chi connectivity index (χ3n) is 3.76. The summed E-state index contributed by atoms with van der Waals surface area (Å²) in [6, 6.07) is -0.250. The molecule has 20 heavy (non-hydrogen) atoms. The molecule has 0 aromatic carbocycles. The molecule has 0 radical (unpaired) electrons. The van der Waals surface area contributed by atoms with Gasteiger partial charge in [-0.25, -0.2) is 4.79 Å². The number of rotatable bonds is 4. The molecule has 110 valence electrons. The number of hydrogen-bond acceptors (Lipinski definition) is 3. The van der Waals surface area contributed by atoms with Gasteiger partial charge in [-0.15, -0.1) is 0 Å². The zero-order valence-electron chi connectivity index (χ0n) is 11.5. The van der Waals surface area contributed by atoms with Gasteiger partial charge in [-0.3, -0.25) is 4.79 Å². The number of amides is 2. The Labute approximate surface area is 122 Å². The maximum absolute atomic E-state index is 11.8. The van der Waals surface area contributed by atoms with Gasteiger partial charge in [0.1, 0.15) is 0 Å². The van der Waals surface area contributed by atoms with Gasteiger partial charge in [-0.1, -0.05) is 6.42 Å². The van der Waals surface area contributed by atoms with Crippen LogP contribution >= 0.6 is 11.3 Å². The van der Waals surface area contributed by atoms with Crippen LogP contribution in [0.2, 0.25) is 0 Å². The quantitative estimate of drug-likeness (QED) is 0.798. The van der Waals surface area contributed by atoms with E-state index in [1.54, 1.807) is 11.3 Å². The molecular weight excluding hydrogens is 276 g/mol. The number of aryl methyl sites for hydroxylation is 1. The Balaban J connectivity index is 1.76. The number of hydrogen-bond donors (Lipinski definition) is 3. The maximum Gasteiger partial charge on any atom is 0.315 e. The minimum atomic E-state index is -0.759. The lowest BCUT2D eigenvalue weighted by molar-refractivity contribution is -0.143. The minimum absolute atomic E-state index is 0.0339. The SMILES string of the molecule is Cc1cscc1CNC(=O)NC1CCCC(C(=O)O)C1. The molecule has 1 aliphatic carbocycles. The average molecular weight is 296 g/mol. The Bertz CT molecular complexity index is 487. The van der Waals surface area contributed by atoms with Crippen LogP contribution in [-0.2, 0) is 11.3 Å². The molecule has 0 aliphatic heterocycles. The van der Waals surface area contributed by atoms with E-state index in [2.05, 4.69) is 10.6 Å². The molecule has 1 aromatic heterocycles. The fraction of sp³-hybridized carbons (Fsp3) is 0.571. The number of carboxylic acids is 1. The van der Waals surface area contributed by atoms with Crippen molar-refractivity contribution in [3.63, 3.8) is 0 Å². The molecule has 0 bridgehead atoms. The average Bonchev–Trinajstić information content (AvgIpc) is 2.82. The molecule has 3 N–H and O–H groups in total. The van der Waals surface area contributed by atoms with Gasteiger partial charge in [0.15, 0.2) is 0 Å². The van der Waals surface area contributed by atoms with Gasteiger partial charge in [-0.05, 0) is 48.1 Å². The van der Waals surface area contributed by atoms with Gasteiger partial charge in [0, 0.05) is 12.6 Å². The van der Waals surface area contributed by atoms with E-state index in [-0.39, 0.29) is 18.0 Å². The third-order valence-corrected chi connectivity index (χ3v) is 4.67. The maximum atomic E-state index is 11.8. The minimum Gasteiger partial charge on any atom is -0.481 e. The molecule has 0 spiro atoms. The van der Waals surface area contributed by atoms with Gasteiger partial charge in [-0.2, -0.15) is 11.3 Å². The second-order valence-electron chi connectivity index (χ2n) is 5.31. The second-order valence-corrected chi connectivity index (χ2v) is 6.05. The highest BCUT2D eigenvalue weighted by atomic mass is 32.1. The Morgan fingerprint density at radius 3 is 2.85 bits per heavy atom. The van der Waals surface area contributed by atoms with Crippen molar-refractivity contribution >= 4 is 23.3 Å². The van der Waals surface area contributed by atoms with E-state index in [0.717, 1.165) is 18.4 Å². The Morgan fingerprint density at radius 1 is 1.40 bits per heavy atom. The van der Waals surface area contributed by atoms with E-state index in [0.29, 0.717) is 19.4 Å². The van der Waals surface area contributed by atoms with Crippen LogP contribution in [0.3, 0.4) is 0 Å². The lowest BCUT2D eigenvalue weighted by Crippen LogP contribution is -2.44. The van der Waals surface area contributed by atoms with E-state index < -0.39 is 5.97 Å². The molecule has 2 amide bonds. The zero-order valence-corrected chi connectivity index (χ0v) is 12.3. The van der Waals surface area contributed by atoms with Crippen LogP contribution in [-0.4, -0.2) is 23.1 Å². The molecule has 0 saturated heterocycles. The van der Waals surface area contributed by atoms with E-state index in [1.807, 2.05) is 17.7 Å². The first-order valence-electron chi connectivity index (χ1n) is 6.85. The van der Waals surface area contributed by atoms with Crippen molar-refractivity contribution in [3.8, 4) is 0 Å². The molecular formula is C14H20N2O3S. The highest BCUT2D eigenvalue weighted by Gasteiger charge is 2.27. The van der Waals surface area contributed by atoms with Crippen molar-refractivity contribution < 1.29 is 14.7 Å². The molecule has 2 rings (SSSR count). The van der Waals surface area contributed by atoms with Crippen molar-refractivity contribution in [1.29, 1.82) is 0 Å². The Hall–Kier alpha value is -1.56. The van der Waals surface area contributed by atoms with Crippen molar-refractivity contribution in [2.45, 2.75) is 45.2 Å². The summed E-state index contributed by atoms with van der Waals surface area (Å²) in [4.78, 5) is 22.8. The molecule has 6 heteroatoms. The van der Waals surface area contributed by atoms with Crippen LogP contribution in [0.15, 0.2) is 10.8 Å². The number of carbonyl (C=O) groups is 2. The molecule has 2 unspecified atom stereocenters. The van der Waals surface area contributed by atoms with Crippen LogP contribution in [0.1, 0.15) is 36.8 Å². The van der Waals surface area contributed by atoms with Gasteiger partial charge in [0.2, 0.25) is 0 Å².